The van der Waals surface area contributed by atoms with Crippen molar-refractivity contribution >= 4 is 43.5 Å². The van der Waals surface area contributed by atoms with E-state index in [9.17, 15) is 0 Å². The van der Waals surface area contributed by atoms with Crippen molar-refractivity contribution in [3.63, 3.8) is 0 Å². The fourth-order valence-corrected chi connectivity index (χ4v) is 3.47. The van der Waals surface area contributed by atoms with Gasteiger partial charge in [-0.1, -0.05) is 62.0 Å². The minimum atomic E-state index is 0.156. The molecule has 0 bridgehead atoms. The molecule has 0 fully saturated rings. The predicted octanol–water partition coefficient (Wildman–Crippen LogP) is 4.97. The maximum absolute atomic E-state index is 5.64. The summed E-state index contributed by atoms with van der Waals surface area (Å²) in [5.74, 6) is 0. The molecule has 13 heavy (non-hydrogen) atoms. The summed E-state index contributed by atoms with van der Waals surface area (Å²) in [6, 6.07) is 0. The van der Waals surface area contributed by atoms with Gasteiger partial charge in [-0.3, -0.25) is 0 Å². The highest BCUT2D eigenvalue weighted by atomic mass is 79.9. The topological polar surface area (TPSA) is 0 Å². The summed E-state index contributed by atoms with van der Waals surface area (Å²) < 4.78 is 1.33. The summed E-state index contributed by atoms with van der Waals surface area (Å²) in [5, 5.41) is 0. The zero-order valence-electron chi connectivity index (χ0n) is 7.78. The van der Waals surface area contributed by atoms with Gasteiger partial charge in [-0.25, -0.2) is 0 Å². The van der Waals surface area contributed by atoms with E-state index >= 15 is 0 Å². The molecule has 1 rings (SSSR count). The molecule has 1 aliphatic carbocycles. The Morgan fingerprint density at radius 1 is 1.62 bits per heavy atom. The average molecular weight is 328 g/mol. The van der Waals surface area contributed by atoms with Gasteiger partial charge in [-0.15, -0.1) is 0 Å². The van der Waals surface area contributed by atoms with E-state index in [0.717, 1.165) is 12.8 Å². The lowest BCUT2D eigenvalue weighted by Crippen LogP contribution is -2.29. The second kappa shape index (κ2) is 4.50. The van der Waals surface area contributed by atoms with Crippen molar-refractivity contribution in [2.24, 2.45) is 5.41 Å². The molecular formula is C10H13Br2Cl. The molecule has 2 atom stereocenters. The van der Waals surface area contributed by atoms with Gasteiger partial charge in [0.15, 0.2) is 0 Å². The Kier molecular flexibility index (Phi) is 4.09. The van der Waals surface area contributed by atoms with Crippen LogP contribution >= 0.6 is 43.5 Å². The molecule has 0 heterocycles. The molecule has 0 saturated carbocycles. The second-order valence-corrected chi connectivity index (χ2v) is 6.15. The number of allylic oxidation sites excluding steroid dienone is 3. The van der Waals surface area contributed by atoms with E-state index in [0.29, 0.717) is 4.83 Å². The molecule has 0 nitrogen and oxygen atoms in total. The molecule has 0 N–H and O–H groups in total. The summed E-state index contributed by atoms with van der Waals surface area (Å²) in [5.41, 5.74) is 3.21. The van der Waals surface area contributed by atoms with Crippen LogP contribution in [0.3, 0.4) is 0 Å². The van der Waals surface area contributed by atoms with E-state index in [2.05, 4.69) is 51.8 Å². The van der Waals surface area contributed by atoms with E-state index in [1.807, 2.05) is 0 Å². The number of alkyl halides is 1. The molecule has 0 aromatic heterocycles. The summed E-state index contributed by atoms with van der Waals surface area (Å²) in [7, 11) is 0. The highest BCUT2D eigenvalue weighted by molar-refractivity contribution is 9.12. The molecule has 3 heteroatoms. The van der Waals surface area contributed by atoms with Gasteiger partial charge in [0.1, 0.15) is 0 Å². The fraction of sp³-hybridized carbons (Fsp3) is 0.600. The molecule has 0 amide bonds. The zero-order chi connectivity index (χ0) is 10.1. The summed E-state index contributed by atoms with van der Waals surface area (Å²) in [4.78, 5) is 0.466. The normalized spacial score (nSPS) is 35.9. The van der Waals surface area contributed by atoms with Crippen molar-refractivity contribution in [2.45, 2.75) is 31.5 Å². The van der Waals surface area contributed by atoms with Crippen LogP contribution < -0.4 is 0 Å². The van der Waals surface area contributed by atoms with E-state index in [1.54, 1.807) is 5.54 Å². The van der Waals surface area contributed by atoms with Crippen molar-refractivity contribution in [1.82, 2.24) is 0 Å². The second-order valence-electron chi connectivity index (χ2n) is 3.83. The van der Waals surface area contributed by atoms with Gasteiger partial charge in [0.2, 0.25) is 0 Å². The van der Waals surface area contributed by atoms with Crippen LogP contribution in [0.25, 0.3) is 0 Å². The molecule has 74 valence electrons. The van der Waals surface area contributed by atoms with Gasteiger partial charge >= 0.3 is 0 Å². The Labute approximate surface area is 102 Å². The Hall–Kier alpha value is 0.730. The van der Waals surface area contributed by atoms with Gasteiger partial charge in [-0.2, -0.15) is 0 Å². The monoisotopic (exact) mass is 326 g/mol. The minimum absolute atomic E-state index is 0.156. The summed E-state index contributed by atoms with van der Waals surface area (Å²) in [6.07, 6.45) is 4.19. The van der Waals surface area contributed by atoms with Gasteiger partial charge in [0.05, 0.1) is 0 Å². The van der Waals surface area contributed by atoms with E-state index in [-0.39, 0.29) is 5.41 Å². The molecule has 0 saturated heterocycles. The highest BCUT2D eigenvalue weighted by Crippen LogP contribution is 2.45. The molecule has 0 aromatic rings. The fourth-order valence-electron chi connectivity index (χ4n) is 1.65. The van der Waals surface area contributed by atoms with Crippen molar-refractivity contribution in [3.05, 3.63) is 21.7 Å². The third kappa shape index (κ3) is 2.60. The Morgan fingerprint density at radius 2 is 2.23 bits per heavy atom. The lowest BCUT2D eigenvalue weighted by atomic mass is 9.76. The van der Waals surface area contributed by atoms with E-state index in [1.165, 1.54) is 10.1 Å². The van der Waals surface area contributed by atoms with Gasteiger partial charge in [-0.05, 0) is 24.2 Å². The maximum Gasteiger partial charge on any atom is 0.0283 e. The average Bonchev–Trinajstić information content (AvgIpc) is 2.02. The first-order valence-electron chi connectivity index (χ1n) is 4.26. The van der Waals surface area contributed by atoms with Crippen LogP contribution in [0, 0.1) is 5.41 Å². The first-order chi connectivity index (χ1) is 5.99. The molecule has 0 aliphatic heterocycles. The Morgan fingerprint density at radius 3 is 2.77 bits per heavy atom. The summed E-state index contributed by atoms with van der Waals surface area (Å²) >= 11 is 12.9. The quantitative estimate of drug-likeness (QED) is 0.596. The van der Waals surface area contributed by atoms with E-state index in [4.69, 9.17) is 11.6 Å². The van der Waals surface area contributed by atoms with Gasteiger partial charge in [0.25, 0.3) is 0 Å². The molecule has 0 aromatic carbocycles. The molecule has 0 spiro atoms. The predicted molar refractivity (Wildman–Crippen MR) is 66.7 cm³/mol. The number of halogens is 3. The molecule has 1 aliphatic rings. The maximum atomic E-state index is 5.64. The van der Waals surface area contributed by atoms with Crippen molar-refractivity contribution in [3.8, 4) is 0 Å². The number of hydrogen-bond donors (Lipinski definition) is 0. The van der Waals surface area contributed by atoms with Crippen molar-refractivity contribution in [1.29, 1.82) is 0 Å². The van der Waals surface area contributed by atoms with Crippen LogP contribution in [0.1, 0.15) is 26.7 Å². The first-order valence-corrected chi connectivity index (χ1v) is 6.40. The standard InChI is InChI=1S/C10H13Br2Cl/c1-7-6-10(2,3-4-13)9(12)5-8(7)11/h3-4,9H,5-6H2,1-2H3/b4-3+/t9-,10-/m1/s1. The van der Waals surface area contributed by atoms with Crippen LogP contribution in [0.5, 0.6) is 0 Å². The van der Waals surface area contributed by atoms with Crippen LogP contribution in [0.4, 0.5) is 0 Å². The number of rotatable bonds is 1. The summed E-state index contributed by atoms with van der Waals surface area (Å²) in [6.45, 7) is 4.40. The van der Waals surface area contributed by atoms with Crippen LogP contribution in [-0.2, 0) is 0 Å². The van der Waals surface area contributed by atoms with Crippen LogP contribution in [-0.4, -0.2) is 4.83 Å². The first kappa shape index (κ1) is 11.8. The lowest BCUT2D eigenvalue weighted by Gasteiger charge is -2.36. The molecule has 0 unspecified atom stereocenters. The van der Waals surface area contributed by atoms with Crippen LogP contribution in [0.2, 0.25) is 0 Å². The van der Waals surface area contributed by atoms with Gasteiger partial charge in [0, 0.05) is 15.8 Å². The van der Waals surface area contributed by atoms with Crippen molar-refractivity contribution < 1.29 is 0 Å². The third-order valence-electron chi connectivity index (χ3n) is 2.63. The van der Waals surface area contributed by atoms with Gasteiger partial charge < -0.3 is 0 Å². The lowest BCUT2D eigenvalue weighted by molar-refractivity contribution is 0.392. The van der Waals surface area contributed by atoms with Crippen molar-refractivity contribution in [2.75, 3.05) is 0 Å². The zero-order valence-corrected chi connectivity index (χ0v) is 11.7. The molecular weight excluding hydrogens is 315 g/mol. The van der Waals surface area contributed by atoms with Crippen LogP contribution in [0.15, 0.2) is 21.7 Å². The highest BCUT2D eigenvalue weighted by Gasteiger charge is 2.34. The largest absolute Gasteiger partial charge is 0.0933 e. The minimum Gasteiger partial charge on any atom is -0.0933 e. The van der Waals surface area contributed by atoms with E-state index < -0.39 is 0 Å². The SMILES string of the molecule is CC1=C(Br)C[C@@H](Br)[C@](C)(/C=C/Cl)C1. The number of hydrogen-bond acceptors (Lipinski definition) is 0. The Bertz CT molecular complexity index is 258. The smallest absolute Gasteiger partial charge is 0.0283 e. The Balaban J connectivity index is 2.92. The molecule has 0 radical (unpaired) electrons. The third-order valence-corrected chi connectivity index (χ3v) is 5.12.